The van der Waals surface area contributed by atoms with E-state index in [0.717, 1.165) is 17.1 Å². The lowest BCUT2D eigenvalue weighted by molar-refractivity contribution is -0.119. The molecule has 0 spiro atoms. The van der Waals surface area contributed by atoms with Crippen LogP contribution in [0.2, 0.25) is 0 Å². The summed E-state index contributed by atoms with van der Waals surface area (Å²) in [7, 11) is 1.65. The Balaban J connectivity index is 2.42. The Morgan fingerprint density at radius 1 is 1.53 bits per heavy atom. The molecule has 1 heterocycles. The smallest absolute Gasteiger partial charge is 0.156 e. The molecule has 0 saturated carbocycles. The maximum absolute atomic E-state index is 11.8. The molecule has 1 aromatic rings. The first-order valence-corrected chi connectivity index (χ1v) is 6.56. The maximum atomic E-state index is 11.8. The van der Waals surface area contributed by atoms with Crippen LogP contribution in [0.1, 0.15) is 28.4 Å². The summed E-state index contributed by atoms with van der Waals surface area (Å²) in [4.78, 5) is 17.3. The third-order valence-corrected chi connectivity index (χ3v) is 3.75. The van der Waals surface area contributed by atoms with E-state index in [0.29, 0.717) is 19.4 Å². The van der Waals surface area contributed by atoms with Gasteiger partial charge in [0.25, 0.3) is 0 Å². The minimum absolute atomic E-state index is 0.0647. The molecule has 0 aliphatic carbocycles. The Labute approximate surface area is 106 Å². The SMILES string of the molecule is COCCCC(N)C(=O)Cc1nc(C)c(C)s1. The van der Waals surface area contributed by atoms with Gasteiger partial charge < -0.3 is 10.5 Å². The Kier molecular flexibility index (Phi) is 5.74. The molecule has 96 valence electrons. The van der Waals surface area contributed by atoms with Crippen LogP contribution in [0.3, 0.4) is 0 Å². The number of ketones is 1. The molecule has 1 aromatic heterocycles. The zero-order valence-electron chi connectivity index (χ0n) is 10.7. The molecule has 5 heteroatoms. The van der Waals surface area contributed by atoms with Crippen LogP contribution in [0.4, 0.5) is 0 Å². The standard InChI is InChI=1S/C12H20N2O2S/c1-8-9(2)17-12(14-8)7-11(15)10(13)5-4-6-16-3/h10H,4-7,13H2,1-3H3. The molecule has 0 aliphatic heterocycles. The lowest BCUT2D eigenvalue weighted by Crippen LogP contribution is -2.32. The summed E-state index contributed by atoms with van der Waals surface area (Å²) in [5.41, 5.74) is 6.83. The highest BCUT2D eigenvalue weighted by Gasteiger charge is 2.16. The van der Waals surface area contributed by atoms with E-state index < -0.39 is 6.04 Å². The number of carbonyl (C=O) groups excluding carboxylic acids is 1. The third-order valence-electron chi connectivity index (χ3n) is 2.68. The number of carbonyl (C=O) groups is 1. The highest BCUT2D eigenvalue weighted by molar-refractivity contribution is 7.11. The summed E-state index contributed by atoms with van der Waals surface area (Å²) in [5, 5.41) is 0.868. The molecule has 0 aliphatic rings. The zero-order chi connectivity index (χ0) is 12.8. The van der Waals surface area contributed by atoms with Crippen molar-refractivity contribution in [3.63, 3.8) is 0 Å². The number of methoxy groups -OCH3 is 1. The molecule has 0 bridgehead atoms. The normalized spacial score (nSPS) is 12.7. The molecule has 0 radical (unpaired) electrons. The van der Waals surface area contributed by atoms with Gasteiger partial charge >= 0.3 is 0 Å². The largest absolute Gasteiger partial charge is 0.385 e. The van der Waals surface area contributed by atoms with Crippen LogP contribution in [0.25, 0.3) is 0 Å². The molecule has 1 rings (SSSR count). The maximum Gasteiger partial charge on any atom is 0.156 e. The van der Waals surface area contributed by atoms with Crippen LogP contribution >= 0.6 is 11.3 Å². The van der Waals surface area contributed by atoms with Crippen molar-refractivity contribution in [3.05, 3.63) is 15.6 Å². The zero-order valence-corrected chi connectivity index (χ0v) is 11.5. The number of hydrogen-bond donors (Lipinski definition) is 1. The topological polar surface area (TPSA) is 65.2 Å². The number of nitrogens with zero attached hydrogens (tertiary/aromatic N) is 1. The molecule has 0 fully saturated rings. The summed E-state index contributed by atoms with van der Waals surface area (Å²) >= 11 is 1.58. The van der Waals surface area contributed by atoms with Crippen molar-refractivity contribution in [2.75, 3.05) is 13.7 Å². The average molecular weight is 256 g/mol. The Morgan fingerprint density at radius 3 is 2.76 bits per heavy atom. The number of ether oxygens (including phenoxy) is 1. The average Bonchev–Trinajstić information content (AvgIpc) is 2.58. The second-order valence-corrected chi connectivity index (χ2v) is 5.42. The number of thiazole rings is 1. The number of Topliss-reactive ketones (excluding diaryl/α,β-unsaturated/α-hetero) is 1. The molecular formula is C12H20N2O2S. The Hall–Kier alpha value is -0.780. The number of nitrogens with two attached hydrogens (primary N) is 1. The van der Waals surface area contributed by atoms with E-state index in [-0.39, 0.29) is 5.78 Å². The van der Waals surface area contributed by atoms with Crippen molar-refractivity contribution in [3.8, 4) is 0 Å². The number of rotatable bonds is 7. The monoisotopic (exact) mass is 256 g/mol. The Morgan fingerprint density at radius 2 is 2.24 bits per heavy atom. The highest BCUT2D eigenvalue weighted by Crippen LogP contribution is 2.17. The van der Waals surface area contributed by atoms with Crippen molar-refractivity contribution in [1.29, 1.82) is 0 Å². The van der Waals surface area contributed by atoms with Crippen LogP contribution < -0.4 is 5.73 Å². The van der Waals surface area contributed by atoms with E-state index in [1.807, 2.05) is 13.8 Å². The number of aryl methyl sites for hydroxylation is 2. The first kappa shape index (κ1) is 14.3. The Bertz CT molecular complexity index is 357. The van der Waals surface area contributed by atoms with Crippen molar-refractivity contribution in [2.45, 2.75) is 39.2 Å². The fraction of sp³-hybridized carbons (Fsp3) is 0.667. The van der Waals surface area contributed by atoms with Gasteiger partial charge in [0.2, 0.25) is 0 Å². The summed E-state index contributed by atoms with van der Waals surface area (Å²) in [6.45, 7) is 4.62. The van der Waals surface area contributed by atoms with Gasteiger partial charge in [-0.15, -0.1) is 11.3 Å². The number of aromatic nitrogens is 1. The van der Waals surface area contributed by atoms with Gasteiger partial charge in [-0.05, 0) is 26.7 Å². The lowest BCUT2D eigenvalue weighted by atomic mass is 10.1. The molecular weight excluding hydrogens is 236 g/mol. The predicted molar refractivity (Wildman–Crippen MR) is 69.4 cm³/mol. The van der Waals surface area contributed by atoms with Crippen LogP contribution in [-0.4, -0.2) is 30.5 Å². The van der Waals surface area contributed by atoms with Gasteiger partial charge in [-0.1, -0.05) is 0 Å². The second-order valence-electron chi connectivity index (χ2n) is 4.13. The second kappa shape index (κ2) is 6.83. The van der Waals surface area contributed by atoms with Crippen molar-refractivity contribution >= 4 is 17.1 Å². The van der Waals surface area contributed by atoms with Crippen LogP contribution in [0.5, 0.6) is 0 Å². The predicted octanol–water partition coefficient (Wildman–Crippen LogP) is 1.63. The molecule has 17 heavy (non-hydrogen) atoms. The van der Waals surface area contributed by atoms with E-state index in [1.54, 1.807) is 18.4 Å². The molecule has 4 nitrogen and oxygen atoms in total. The fourth-order valence-electron chi connectivity index (χ4n) is 1.50. The van der Waals surface area contributed by atoms with Gasteiger partial charge in [-0.3, -0.25) is 4.79 Å². The molecule has 0 saturated heterocycles. The van der Waals surface area contributed by atoms with E-state index >= 15 is 0 Å². The molecule has 2 N–H and O–H groups in total. The van der Waals surface area contributed by atoms with Gasteiger partial charge in [0.1, 0.15) is 5.01 Å². The van der Waals surface area contributed by atoms with Crippen LogP contribution in [0.15, 0.2) is 0 Å². The van der Waals surface area contributed by atoms with Gasteiger partial charge in [0.15, 0.2) is 5.78 Å². The third kappa shape index (κ3) is 4.53. The van der Waals surface area contributed by atoms with E-state index in [9.17, 15) is 4.79 Å². The van der Waals surface area contributed by atoms with Gasteiger partial charge in [0.05, 0.1) is 18.2 Å². The fourth-order valence-corrected chi connectivity index (χ4v) is 2.45. The quantitative estimate of drug-likeness (QED) is 0.753. The minimum atomic E-state index is -0.394. The first-order valence-electron chi connectivity index (χ1n) is 5.74. The van der Waals surface area contributed by atoms with Gasteiger partial charge in [-0.25, -0.2) is 4.98 Å². The number of hydrogen-bond acceptors (Lipinski definition) is 5. The van der Waals surface area contributed by atoms with E-state index in [1.165, 1.54) is 4.88 Å². The van der Waals surface area contributed by atoms with Crippen LogP contribution in [0, 0.1) is 13.8 Å². The van der Waals surface area contributed by atoms with Gasteiger partial charge in [-0.2, -0.15) is 0 Å². The molecule has 0 aromatic carbocycles. The summed E-state index contributed by atoms with van der Waals surface area (Å²) in [6, 6.07) is -0.394. The molecule has 0 amide bonds. The van der Waals surface area contributed by atoms with Crippen molar-refractivity contribution in [1.82, 2.24) is 4.98 Å². The minimum Gasteiger partial charge on any atom is -0.385 e. The molecule has 1 unspecified atom stereocenters. The van der Waals surface area contributed by atoms with Crippen molar-refractivity contribution < 1.29 is 9.53 Å². The van der Waals surface area contributed by atoms with E-state index in [4.69, 9.17) is 10.5 Å². The first-order chi connectivity index (χ1) is 8.04. The lowest BCUT2D eigenvalue weighted by Gasteiger charge is -2.08. The van der Waals surface area contributed by atoms with E-state index in [2.05, 4.69) is 4.98 Å². The highest BCUT2D eigenvalue weighted by atomic mass is 32.1. The summed E-state index contributed by atoms with van der Waals surface area (Å²) in [5.74, 6) is 0.0647. The van der Waals surface area contributed by atoms with Crippen LogP contribution in [-0.2, 0) is 16.0 Å². The van der Waals surface area contributed by atoms with Crippen molar-refractivity contribution in [2.24, 2.45) is 5.73 Å². The molecule has 1 atom stereocenters. The summed E-state index contributed by atoms with van der Waals surface area (Å²) < 4.78 is 4.93. The summed E-state index contributed by atoms with van der Waals surface area (Å²) in [6.07, 6.45) is 1.85. The van der Waals surface area contributed by atoms with Gasteiger partial charge in [0, 0.05) is 18.6 Å².